The SMILES string of the molecule is C=CCCCC(O)C1Cc2ccccc2O1. The lowest BCUT2D eigenvalue weighted by atomic mass is 10.0. The van der Waals surface area contributed by atoms with Crippen molar-refractivity contribution in [1.82, 2.24) is 0 Å². The summed E-state index contributed by atoms with van der Waals surface area (Å²) in [6.45, 7) is 3.67. The molecule has 1 aromatic rings. The number of fused-ring (bicyclic) bond motifs is 1. The van der Waals surface area contributed by atoms with Crippen LogP contribution in [-0.2, 0) is 6.42 Å². The number of aliphatic hydroxyl groups is 1. The quantitative estimate of drug-likeness (QED) is 0.608. The second kappa shape index (κ2) is 5.17. The highest BCUT2D eigenvalue weighted by molar-refractivity contribution is 5.37. The first-order chi connectivity index (χ1) is 7.81. The Kier molecular flexibility index (Phi) is 3.62. The normalized spacial score (nSPS) is 19.9. The van der Waals surface area contributed by atoms with Crippen LogP contribution in [0, 0.1) is 0 Å². The summed E-state index contributed by atoms with van der Waals surface area (Å²) in [5.41, 5.74) is 1.20. The number of hydrogen-bond acceptors (Lipinski definition) is 2. The van der Waals surface area contributed by atoms with Gasteiger partial charge in [0.1, 0.15) is 11.9 Å². The number of hydrogen-bond donors (Lipinski definition) is 1. The van der Waals surface area contributed by atoms with Gasteiger partial charge in [-0.3, -0.25) is 0 Å². The smallest absolute Gasteiger partial charge is 0.129 e. The molecule has 0 saturated heterocycles. The monoisotopic (exact) mass is 218 g/mol. The molecule has 1 heterocycles. The Morgan fingerprint density at radius 3 is 3.06 bits per heavy atom. The Hall–Kier alpha value is -1.28. The van der Waals surface area contributed by atoms with E-state index >= 15 is 0 Å². The fourth-order valence-corrected chi connectivity index (χ4v) is 2.08. The fourth-order valence-electron chi connectivity index (χ4n) is 2.08. The van der Waals surface area contributed by atoms with Crippen LogP contribution < -0.4 is 4.74 Å². The topological polar surface area (TPSA) is 29.5 Å². The molecule has 1 aromatic carbocycles. The highest BCUT2D eigenvalue weighted by atomic mass is 16.5. The third-order valence-corrected chi connectivity index (χ3v) is 3.01. The molecule has 2 rings (SSSR count). The first-order valence-corrected chi connectivity index (χ1v) is 5.85. The van der Waals surface area contributed by atoms with Gasteiger partial charge >= 0.3 is 0 Å². The van der Waals surface area contributed by atoms with Crippen LogP contribution in [0.3, 0.4) is 0 Å². The molecule has 86 valence electrons. The van der Waals surface area contributed by atoms with Crippen LogP contribution in [0.25, 0.3) is 0 Å². The molecular weight excluding hydrogens is 200 g/mol. The van der Waals surface area contributed by atoms with Crippen LogP contribution in [0.15, 0.2) is 36.9 Å². The molecule has 0 spiro atoms. The molecule has 1 N–H and O–H groups in total. The molecule has 0 fully saturated rings. The molecule has 2 heteroatoms. The van der Waals surface area contributed by atoms with Crippen molar-refractivity contribution in [2.75, 3.05) is 0 Å². The zero-order valence-electron chi connectivity index (χ0n) is 9.43. The van der Waals surface area contributed by atoms with E-state index in [0.717, 1.165) is 31.4 Å². The molecule has 2 atom stereocenters. The van der Waals surface area contributed by atoms with Gasteiger partial charge < -0.3 is 9.84 Å². The minimum Gasteiger partial charge on any atom is -0.487 e. The standard InChI is InChI=1S/C14H18O2/c1-2-3-4-8-12(15)14-10-11-7-5-6-9-13(11)16-14/h2,5-7,9,12,14-15H,1,3-4,8,10H2. The number of rotatable bonds is 5. The maximum atomic E-state index is 9.99. The number of para-hydroxylation sites is 1. The maximum absolute atomic E-state index is 9.99. The van der Waals surface area contributed by atoms with Crippen LogP contribution in [0.2, 0.25) is 0 Å². The van der Waals surface area contributed by atoms with Crippen molar-refractivity contribution in [3.63, 3.8) is 0 Å². The van der Waals surface area contributed by atoms with Gasteiger partial charge in [0.05, 0.1) is 6.10 Å². The first kappa shape index (κ1) is 11.2. The first-order valence-electron chi connectivity index (χ1n) is 5.85. The lowest BCUT2D eigenvalue weighted by Crippen LogP contribution is -2.29. The van der Waals surface area contributed by atoms with Crippen LogP contribution in [0.5, 0.6) is 5.75 Å². The second-order valence-corrected chi connectivity index (χ2v) is 4.26. The Balaban J connectivity index is 1.88. The molecule has 2 nitrogen and oxygen atoms in total. The molecular formula is C14H18O2. The van der Waals surface area contributed by atoms with Crippen molar-refractivity contribution in [2.24, 2.45) is 0 Å². The largest absolute Gasteiger partial charge is 0.487 e. The molecule has 0 saturated carbocycles. The van der Waals surface area contributed by atoms with Gasteiger partial charge in [0, 0.05) is 6.42 Å². The van der Waals surface area contributed by atoms with E-state index in [0.29, 0.717) is 0 Å². The van der Waals surface area contributed by atoms with Crippen LogP contribution >= 0.6 is 0 Å². The molecule has 1 aliphatic heterocycles. The summed E-state index contributed by atoms with van der Waals surface area (Å²) >= 11 is 0. The molecule has 0 aliphatic carbocycles. The Morgan fingerprint density at radius 1 is 1.50 bits per heavy atom. The summed E-state index contributed by atoms with van der Waals surface area (Å²) in [5.74, 6) is 0.926. The van der Waals surface area contributed by atoms with Gasteiger partial charge in [-0.25, -0.2) is 0 Å². The lowest BCUT2D eigenvalue weighted by molar-refractivity contribution is 0.0429. The predicted octanol–water partition coefficient (Wildman–Crippen LogP) is 2.71. The van der Waals surface area contributed by atoms with E-state index in [4.69, 9.17) is 4.74 Å². The van der Waals surface area contributed by atoms with Gasteiger partial charge in [-0.05, 0) is 30.9 Å². The van der Waals surface area contributed by atoms with Crippen LogP contribution in [0.1, 0.15) is 24.8 Å². The summed E-state index contributed by atoms with van der Waals surface area (Å²) in [7, 11) is 0. The number of allylic oxidation sites excluding steroid dienone is 1. The molecule has 0 bridgehead atoms. The van der Waals surface area contributed by atoms with Gasteiger partial charge in [0.2, 0.25) is 0 Å². The van der Waals surface area contributed by atoms with Crippen molar-refractivity contribution in [2.45, 2.75) is 37.9 Å². The predicted molar refractivity (Wildman–Crippen MR) is 64.6 cm³/mol. The Morgan fingerprint density at radius 2 is 2.31 bits per heavy atom. The van der Waals surface area contributed by atoms with Crippen LogP contribution in [-0.4, -0.2) is 17.3 Å². The van der Waals surface area contributed by atoms with E-state index in [1.807, 2.05) is 24.3 Å². The maximum Gasteiger partial charge on any atom is 0.129 e. The number of benzene rings is 1. The average Bonchev–Trinajstić information content (AvgIpc) is 2.73. The van der Waals surface area contributed by atoms with Gasteiger partial charge in [0.25, 0.3) is 0 Å². The van der Waals surface area contributed by atoms with E-state index in [2.05, 4.69) is 12.6 Å². The number of ether oxygens (including phenoxy) is 1. The molecule has 0 radical (unpaired) electrons. The summed E-state index contributed by atoms with van der Waals surface area (Å²) in [5, 5.41) is 9.99. The van der Waals surface area contributed by atoms with Crippen molar-refractivity contribution < 1.29 is 9.84 Å². The number of unbranched alkanes of at least 4 members (excludes halogenated alkanes) is 1. The summed E-state index contributed by atoms with van der Waals surface area (Å²) in [6.07, 6.45) is 4.99. The Bertz CT molecular complexity index is 335. The van der Waals surface area contributed by atoms with Gasteiger partial charge in [-0.1, -0.05) is 24.3 Å². The molecule has 0 amide bonds. The summed E-state index contributed by atoms with van der Waals surface area (Å²) in [6, 6.07) is 8.00. The molecule has 16 heavy (non-hydrogen) atoms. The lowest BCUT2D eigenvalue weighted by Gasteiger charge is -2.17. The third kappa shape index (κ3) is 2.45. The van der Waals surface area contributed by atoms with E-state index < -0.39 is 0 Å². The molecule has 2 unspecified atom stereocenters. The second-order valence-electron chi connectivity index (χ2n) is 4.26. The highest BCUT2D eigenvalue weighted by Gasteiger charge is 2.28. The van der Waals surface area contributed by atoms with E-state index in [-0.39, 0.29) is 12.2 Å². The van der Waals surface area contributed by atoms with E-state index in [1.165, 1.54) is 5.56 Å². The third-order valence-electron chi connectivity index (χ3n) is 3.01. The van der Waals surface area contributed by atoms with E-state index in [9.17, 15) is 5.11 Å². The minimum absolute atomic E-state index is 0.0674. The van der Waals surface area contributed by atoms with E-state index in [1.54, 1.807) is 0 Å². The van der Waals surface area contributed by atoms with Gasteiger partial charge in [-0.2, -0.15) is 0 Å². The summed E-state index contributed by atoms with van der Waals surface area (Å²) < 4.78 is 5.72. The Labute approximate surface area is 96.6 Å². The highest BCUT2D eigenvalue weighted by Crippen LogP contribution is 2.30. The average molecular weight is 218 g/mol. The van der Waals surface area contributed by atoms with Gasteiger partial charge in [-0.15, -0.1) is 6.58 Å². The molecule has 1 aliphatic rings. The summed E-state index contributed by atoms with van der Waals surface area (Å²) in [4.78, 5) is 0. The van der Waals surface area contributed by atoms with Crippen molar-refractivity contribution in [3.8, 4) is 5.75 Å². The van der Waals surface area contributed by atoms with Crippen molar-refractivity contribution >= 4 is 0 Å². The fraction of sp³-hybridized carbons (Fsp3) is 0.429. The van der Waals surface area contributed by atoms with Gasteiger partial charge in [0.15, 0.2) is 0 Å². The van der Waals surface area contributed by atoms with Crippen molar-refractivity contribution in [3.05, 3.63) is 42.5 Å². The number of aliphatic hydroxyl groups excluding tert-OH is 1. The zero-order valence-corrected chi connectivity index (χ0v) is 9.43. The zero-order chi connectivity index (χ0) is 11.4. The minimum atomic E-state index is -0.368. The van der Waals surface area contributed by atoms with Crippen molar-refractivity contribution in [1.29, 1.82) is 0 Å². The molecule has 0 aromatic heterocycles. The van der Waals surface area contributed by atoms with Crippen LogP contribution in [0.4, 0.5) is 0 Å².